The van der Waals surface area contributed by atoms with Crippen molar-refractivity contribution in [2.45, 2.75) is 27.7 Å². The second-order valence-corrected chi connectivity index (χ2v) is 5.55. The van der Waals surface area contributed by atoms with Gasteiger partial charge in [0.1, 0.15) is 11.5 Å². The van der Waals surface area contributed by atoms with Crippen LogP contribution in [0.5, 0.6) is 11.5 Å². The van der Waals surface area contributed by atoms with Crippen molar-refractivity contribution in [2.24, 2.45) is 0 Å². The molecule has 2 heteroatoms. The zero-order chi connectivity index (χ0) is 16.3. The standard InChI is InChI=1S/C20H24O2/c1-13-15(3)19(21-5)11-9-17(13)7-8-18-10-12-20(22-6)16(4)14(18)2/h7-12H,1-6H3/b8-7+. The Balaban J connectivity index is 2.38. The highest BCUT2D eigenvalue weighted by Crippen LogP contribution is 2.27. The second kappa shape index (κ2) is 6.69. The Labute approximate surface area is 133 Å². The Hall–Kier alpha value is -2.22. The third kappa shape index (κ3) is 3.01. The molecule has 0 fully saturated rings. The summed E-state index contributed by atoms with van der Waals surface area (Å²) in [5.74, 6) is 1.87. The summed E-state index contributed by atoms with van der Waals surface area (Å²) in [5.41, 5.74) is 7.30. The molecule has 0 heterocycles. The zero-order valence-corrected chi connectivity index (χ0v) is 14.3. The molecule has 0 aliphatic rings. The van der Waals surface area contributed by atoms with Gasteiger partial charge >= 0.3 is 0 Å². The summed E-state index contributed by atoms with van der Waals surface area (Å²) in [5, 5.41) is 0. The van der Waals surface area contributed by atoms with Crippen LogP contribution in [0, 0.1) is 27.7 Å². The van der Waals surface area contributed by atoms with Crippen LogP contribution in [0.2, 0.25) is 0 Å². The van der Waals surface area contributed by atoms with Crippen LogP contribution in [0.1, 0.15) is 33.4 Å². The fourth-order valence-corrected chi connectivity index (χ4v) is 2.62. The van der Waals surface area contributed by atoms with Crippen molar-refractivity contribution in [1.82, 2.24) is 0 Å². The molecule has 116 valence electrons. The summed E-state index contributed by atoms with van der Waals surface area (Å²) in [6, 6.07) is 8.25. The van der Waals surface area contributed by atoms with E-state index in [0.29, 0.717) is 0 Å². The predicted molar refractivity (Wildman–Crippen MR) is 93.9 cm³/mol. The van der Waals surface area contributed by atoms with Crippen molar-refractivity contribution in [3.8, 4) is 11.5 Å². The van der Waals surface area contributed by atoms with Gasteiger partial charge in [-0.1, -0.05) is 24.3 Å². The summed E-state index contributed by atoms with van der Waals surface area (Å²) in [4.78, 5) is 0. The average molecular weight is 296 g/mol. The molecule has 22 heavy (non-hydrogen) atoms. The van der Waals surface area contributed by atoms with E-state index in [4.69, 9.17) is 9.47 Å². The SMILES string of the molecule is COc1ccc(/C=C/c2ccc(OC)c(C)c2C)c(C)c1C. The van der Waals surface area contributed by atoms with Gasteiger partial charge in [0.2, 0.25) is 0 Å². The van der Waals surface area contributed by atoms with Crippen LogP contribution in [0.3, 0.4) is 0 Å². The fraction of sp³-hybridized carbons (Fsp3) is 0.300. The lowest BCUT2D eigenvalue weighted by molar-refractivity contribution is 0.411. The van der Waals surface area contributed by atoms with Gasteiger partial charge in [-0.2, -0.15) is 0 Å². The van der Waals surface area contributed by atoms with Crippen molar-refractivity contribution in [1.29, 1.82) is 0 Å². The molecule has 0 N–H and O–H groups in total. The lowest BCUT2D eigenvalue weighted by Crippen LogP contribution is -1.93. The van der Waals surface area contributed by atoms with Crippen LogP contribution >= 0.6 is 0 Å². The van der Waals surface area contributed by atoms with Crippen LogP contribution in [-0.4, -0.2) is 14.2 Å². The van der Waals surface area contributed by atoms with Crippen LogP contribution in [0.15, 0.2) is 24.3 Å². The Kier molecular flexibility index (Phi) is 4.92. The highest BCUT2D eigenvalue weighted by atomic mass is 16.5. The minimum atomic E-state index is 0.936. The second-order valence-electron chi connectivity index (χ2n) is 5.55. The number of ether oxygens (including phenoxy) is 2. The first-order chi connectivity index (χ1) is 10.5. The number of hydrogen-bond acceptors (Lipinski definition) is 2. The first-order valence-electron chi connectivity index (χ1n) is 7.46. The Bertz CT molecular complexity index is 651. The molecule has 0 amide bonds. The van der Waals surface area contributed by atoms with Crippen molar-refractivity contribution in [2.75, 3.05) is 14.2 Å². The molecule has 0 aliphatic heterocycles. The van der Waals surface area contributed by atoms with E-state index in [1.54, 1.807) is 14.2 Å². The maximum absolute atomic E-state index is 5.37. The van der Waals surface area contributed by atoms with Gasteiger partial charge in [-0.3, -0.25) is 0 Å². The highest BCUT2D eigenvalue weighted by Gasteiger charge is 2.06. The van der Waals surface area contributed by atoms with E-state index in [1.807, 2.05) is 12.1 Å². The Morgan fingerprint density at radius 3 is 1.27 bits per heavy atom. The zero-order valence-electron chi connectivity index (χ0n) is 14.3. The van der Waals surface area contributed by atoms with Gasteiger partial charge < -0.3 is 9.47 Å². The number of benzene rings is 2. The minimum Gasteiger partial charge on any atom is -0.496 e. The summed E-state index contributed by atoms with van der Waals surface area (Å²) < 4.78 is 10.7. The van der Waals surface area contributed by atoms with Crippen LogP contribution < -0.4 is 9.47 Å². The fourth-order valence-electron chi connectivity index (χ4n) is 2.62. The molecule has 0 aromatic heterocycles. The maximum Gasteiger partial charge on any atom is 0.122 e. The van der Waals surface area contributed by atoms with Gasteiger partial charge in [0, 0.05) is 0 Å². The molecule has 2 nitrogen and oxygen atoms in total. The summed E-state index contributed by atoms with van der Waals surface area (Å²) in [6.45, 7) is 8.44. The highest BCUT2D eigenvalue weighted by molar-refractivity contribution is 5.74. The first kappa shape index (κ1) is 16.2. The van der Waals surface area contributed by atoms with Crippen molar-refractivity contribution in [3.05, 3.63) is 57.6 Å². The average Bonchev–Trinajstić information content (AvgIpc) is 2.52. The van der Waals surface area contributed by atoms with Crippen LogP contribution in [-0.2, 0) is 0 Å². The molecule has 0 radical (unpaired) electrons. The van der Waals surface area contributed by atoms with E-state index in [2.05, 4.69) is 52.0 Å². The lowest BCUT2D eigenvalue weighted by atomic mass is 9.98. The van der Waals surface area contributed by atoms with Gasteiger partial charge in [-0.05, 0) is 73.2 Å². The molecule has 2 aromatic carbocycles. The van der Waals surface area contributed by atoms with E-state index in [1.165, 1.54) is 33.4 Å². The maximum atomic E-state index is 5.37. The van der Waals surface area contributed by atoms with E-state index in [9.17, 15) is 0 Å². The van der Waals surface area contributed by atoms with E-state index < -0.39 is 0 Å². The normalized spacial score (nSPS) is 11.0. The Morgan fingerprint density at radius 1 is 0.591 bits per heavy atom. The summed E-state index contributed by atoms with van der Waals surface area (Å²) in [6.07, 6.45) is 4.33. The topological polar surface area (TPSA) is 18.5 Å². The molecule has 0 aliphatic carbocycles. The smallest absolute Gasteiger partial charge is 0.122 e. The molecule has 0 spiro atoms. The number of methoxy groups -OCH3 is 2. The van der Waals surface area contributed by atoms with Crippen molar-refractivity contribution in [3.63, 3.8) is 0 Å². The third-order valence-electron chi connectivity index (χ3n) is 4.44. The predicted octanol–water partition coefficient (Wildman–Crippen LogP) is 5.11. The van der Waals surface area contributed by atoms with Gasteiger partial charge in [0.05, 0.1) is 14.2 Å². The first-order valence-corrected chi connectivity index (χ1v) is 7.46. The molecular formula is C20H24O2. The van der Waals surface area contributed by atoms with E-state index in [-0.39, 0.29) is 0 Å². The van der Waals surface area contributed by atoms with Crippen LogP contribution in [0.25, 0.3) is 12.2 Å². The molecular weight excluding hydrogens is 272 g/mol. The summed E-state index contributed by atoms with van der Waals surface area (Å²) in [7, 11) is 3.42. The van der Waals surface area contributed by atoms with Crippen molar-refractivity contribution < 1.29 is 9.47 Å². The summed E-state index contributed by atoms with van der Waals surface area (Å²) >= 11 is 0. The van der Waals surface area contributed by atoms with E-state index in [0.717, 1.165) is 11.5 Å². The molecule has 2 rings (SSSR count). The number of hydrogen-bond donors (Lipinski definition) is 0. The van der Waals surface area contributed by atoms with Gasteiger partial charge in [0.25, 0.3) is 0 Å². The molecule has 0 atom stereocenters. The van der Waals surface area contributed by atoms with Gasteiger partial charge in [-0.25, -0.2) is 0 Å². The number of rotatable bonds is 4. The van der Waals surface area contributed by atoms with E-state index >= 15 is 0 Å². The lowest BCUT2D eigenvalue weighted by Gasteiger charge is -2.11. The largest absolute Gasteiger partial charge is 0.496 e. The molecule has 0 bridgehead atoms. The minimum absolute atomic E-state index is 0.936. The molecule has 0 saturated carbocycles. The van der Waals surface area contributed by atoms with Gasteiger partial charge in [-0.15, -0.1) is 0 Å². The van der Waals surface area contributed by atoms with Crippen molar-refractivity contribution >= 4 is 12.2 Å². The molecule has 2 aromatic rings. The quantitative estimate of drug-likeness (QED) is 0.730. The Morgan fingerprint density at radius 2 is 0.955 bits per heavy atom. The third-order valence-corrected chi connectivity index (χ3v) is 4.44. The van der Waals surface area contributed by atoms with Gasteiger partial charge in [0.15, 0.2) is 0 Å². The van der Waals surface area contributed by atoms with Crippen LogP contribution in [0.4, 0.5) is 0 Å². The monoisotopic (exact) mass is 296 g/mol. The molecule has 0 unspecified atom stereocenters. The molecule has 0 saturated heterocycles.